The fraction of sp³-hybridized carbons (Fsp3) is 0.450. The number of para-hydroxylation sites is 1. The lowest BCUT2D eigenvalue weighted by atomic mass is 10.2. The number of fused-ring (bicyclic) bond motifs is 1. The van der Waals surface area contributed by atoms with Gasteiger partial charge in [-0.3, -0.25) is 5.32 Å². The summed E-state index contributed by atoms with van der Waals surface area (Å²) in [6.07, 6.45) is 4.81. The van der Waals surface area contributed by atoms with Gasteiger partial charge in [-0.2, -0.15) is 0 Å². The Morgan fingerprint density at radius 1 is 1.21 bits per heavy atom. The van der Waals surface area contributed by atoms with Crippen molar-refractivity contribution in [1.82, 2.24) is 5.32 Å². The maximum absolute atomic E-state index is 12.1. The molecule has 0 atom stereocenters. The molecule has 1 heterocycles. The SMILES string of the molecule is CC1=C(NC(=O)OC(C)(C)C)/C(=C/N2CCc3ccccc32)CC1. The smallest absolute Gasteiger partial charge is 0.412 e. The second kappa shape index (κ2) is 6.34. The van der Waals surface area contributed by atoms with E-state index in [1.54, 1.807) is 0 Å². The van der Waals surface area contributed by atoms with E-state index < -0.39 is 5.60 Å². The van der Waals surface area contributed by atoms with Crippen LogP contribution in [0, 0.1) is 0 Å². The number of nitrogens with zero attached hydrogens (tertiary/aromatic N) is 1. The molecule has 0 unspecified atom stereocenters. The zero-order chi connectivity index (χ0) is 17.3. The Morgan fingerprint density at radius 3 is 2.71 bits per heavy atom. The largest absolute Gasteiger partial charge is 0.444 e. The van der Waals surface area contributed by atoms with Crippen LogP contribution in [0.5, 0.6) is 0 Å². The van der Waals surface area contributed by atoms with E-state index in [2.05, 4.69) is 47.6 Å². The number of rotatable bonds is 2. The van der Waals surface area contributed by atoms with E-state index in [1.165, 1.54) is 22.4 Å². The molecule has 0 saturated carbocycles. The molecule has 0 bridgehead atoms. The molecular formula is C20H26N2O2. The first-order valence-electron chi connectivity index (χ1n) is 8.59. The molecule has 4 heteroatoms. The average Bonchev–Trinajstić information content (AvgIpc) is 3.04. The molecule has 1 aliphatic carbocycles. The number of alkyl carbamates (subject to hydrolysis) is 1. The third-order valence-corrected chi connectivity index (χ3v) is 4.38. The topological polar surface area (TPSA) is 41.6 Å². The summed E-state index contributed by atoms with van der Waals surface area (Å²) in [7, 11) is 0. The van der Waals surface area contributed by atoms with Crippen LogP contribution in [0.2, 0.25) is 0 Å². The number of ether oxygens (including phenoxy) is 1. The zero-order valence-corrected chi connectivity index (χ0v) is 15.0. The summed E-state index contributed by atoms with van der Waals surface area (Å²) < 4.78 is 5.40. The Hall–Kier alpha value is -2.23. The maximum atomic E-state index is 12.1. The number of benzene rings is 1. The Kier molecular flexibility index (Phi) is 4.39. The summed E-state index contributed by atoms with van der Waals surface area (Å²) in [6, 6.07) is 8.51. The standard InChI is InChI=1S/C20H26N2O2/c1-14-9-10-16(18(14)21-19(23)24-20(2,3)4)13-22-12-11-15-7-5-6-8-17(15)22/h5-8,13H,9-12H2,1-4H3,(H,21,23)/b16-13+. The molecule has 24 heavy (non-hydrogen) atoms. The summed E-state index contributed by atoms with van der Waals surface area (Å²) in [4.78, 5) is 14.4. The minimum absolute atomic E-state index is 0.383. The number of amides is 1. The fourth-order valence-electron chi connectivity index (χ4n) is 3.25. The number of anilines is 1. The number of carbonyl (C=O) groups is 1. The molecule has 3 rings (SSSR count). The van der Waals surface area contributed by atoms with E-state index in [4.69, 9.17) is 4.74 Å². The molecule has 2 aliphatic rings. The molecule has 0 radical (unpaired) electrons. The molecule has 1 aromatic carbocycles. The van der Waals surface area contributed by atoms with Gasteiger partial charge in [0.15, 0.2) is 0 Å². The lowest BCUT2D eigenvalue weighted by Crippen LogP contribution is -2.32. The molecule has 4 nitrogen and oxygen atoms in total. The lowest BCUT2D eigenvalue weighted by molar-refractivity contribution is 0.0547. The van der Waals surface area contributed by atoms with Gasteiger partial charge in [-0.1, -0.05) is 18.2 Å². The van der Waals surface area contributed by atoms with Gasteiger partial charge in [-0.05, 0) is 69.7 Å². The highest BCUT2D eigenvalue weighted by molar-refractivity contribution is 5.72. The zero-order valence-electron chi connectivity index (χ0n) is 15.0. The average molecular weight is 326 g/mol. The molecule has 1 amide bonds. The first-order valence-corrected chi connectivity index (χ1v) is 8.59. The number of carbonyl (C=O) groups excluding carboxylic acids is 1. The van der Waals surface area contributed by atoms with Crippen LogP contribution in [0.4, 0.5) is 10.5 Å². The van der Waals surface area contributed by atoms with Gasteiger partial charge >= 0.3 is 6.09 Å². The van der Waals surface area contributed by atoms with E-state index in [0.717, 1.165) is 31.5 Å². The van der Waals surface area contributed by atoms with Crippen molar-refractivity contribution in [3.63, 3.8) is 0 Å². The maximum Gasteiger partial charge on any atom is 0.412 e. The summed E-state index contributed by atoms with van der Waals surface area (Å²) in [6.45, 7) is 8.69. The summed E-state index contributed by atoms with van der Waals surface area (Å²) in [5, 5.41) is 2.96. The van der Waals surface area contributed by atoms with E-state index in [1.807, 2.05) is 20.8 Å². The molecular weight excluding hydrogens is 300 g/mol. The number of hydrogen-bond donors (Lipinski definition) is 1. The molecule has 0 fully saturated rings. The first kappa shape index (κ1) is 16.6. The Labute approximate surface area is 144 Å². The summed E-state index contributed by atoms with van der Waals surface area (Å²) >= 11 is 0. The van der Waals surface area contributed by atoms with Gasteiger partial charge in [0.25, 0.3) is 0 Å². The molecule has 0 aromatic heterocycles. The van der Waals surface area contributed by atoms with Crippen LogP contribution in [0.25, 0.3) is 0 Å². The summed E-state index contributed by atoms with van der Waals surface area (Å²) in [5.74, 6) is 0. The predicted octanol–water partition coefficient (Wildman–Crippen LogP) is 4.53. The van der Waals surface area contributed by atoms with Crippen molar-refractivity contribution in [2.24, 2.45) is 0 Å². The van der Waals surface area contributed by atoms with E-state index in [9.17, 15) is 4.79 Å². The molecule has 1 aliphatic heterocycles. The third kappa shape index (κ3) is 3.64. The van der Waals surface area contributed by atoms with Crippen LogP contribution < -0.4 is 10.2 Å². The monoisotopic (exact) mass is 326 g/mol. The number of hydrogen-bond acceptors (Lipinski definition) is 3. The minimum atomic E-state index is -0.491. The highest BCUT2D eigenvalue weighted by Gasteiger charge is 2.24. The van der Waals surface area contributed by atoms with Crippen molar-refractivity contribution in [3.8, 4) is 0 Å². The van der Waals surface area contributed by atoms with Crippen LogP contribution in [-0.2, 0) is 11.2 Å². The Bertz CT molecular complexity index is 711. The van der Waals surface area contributed by atoms with Gasteiger partial charge in [-0.25, -0.2) is 4.79 Å². The van der Waals surface area contributed by atoms with Gasteiger partial charge in [0.2, 0.25) is 0 Å². The lowest BCUT2D eigenvalue weighted by Gasteiger charge is -2.21. The Balaban J connectivity index is 1.78. The second-order valence-electron chi connectivity index (χ2n) is 7.51. The number of nitrogens with one attached hydrogen (secondary N) is 1. The number of allylic oxidation sites excluding steroid dienone is 2. The van der Waals surface area contributed by atoms with Crippen LogP contribution in [0.15, 0.2) is 47.3 Å². The Morgan fingerprint density at radius 2 is 1.96 bits per heavy atom. The van der Waals surface area contributed by atoms with E-state index >= 15 is 0 Å². The van der Waals surface area contributed by atoms with Crippen molar-refractivity contribution in [1.29, 1.82) is 0 Å². The second-order valence-corrected chi connectivity index (χ2v) is 7.51. The van der Waals surface area contributed by atoms with Crippen molar-refractivity contribution >= 4 is 11.8 Å². The van der Waals surface area contributed by atoms with Crippen molar-refractivity contribution in [2.45, 2.75) is 52.6 Å². The van der Waals surface area contributed by atoms with Gasteiger partial charge in [-0.15, -0.1) is 0 Å². The first-order chi connectivity index (χ1) is 11.3. The highest BCUT2D eigenvalue weighted by Crippen LogP contribution is 2.33. The summed E-state index contributed by atoms with van der Waals surface area (Å²) in [5.41, 5.74) is 5.47. The fourth-order valence-corrected chi connectivity index (χ4v) is 3.25. The van der Waals surface area contributed by atoms with Crippen molar-refractivity contribution < 1.29 is 9.53 Å². The van der Waals surface area contributed by atoms with Gasteiger partial charge in [0.05, 0.1) is 0 Å². The molecule has 128 valence electrons. The van der Waals surface area contributed by atoms with E-state index in [0.29, 0.717) is 0 Å². The molecule has 0 saturated heterocycles. The van der Waals surface area contributed by atoms with Crippen LogP contribution in [-0.4, -0.2) is 18.2 Å². The highest BCUT2D eigenvalue weighted by atomic mass is 16.6. The molecule has 0 spiro atoms. The third-order valence-electron chi connectivity index (χ3n) is 4.38. The minimum Gasteiger partial charge on any atom is -0.444 e. The van der Waals surface area contributed by atoms with Crippen molar-refractivity contribution in [3.05, 3.63) is 52.9 Å². The van der Waals surface area contributed by atoms with E-state index in [-0.39, 0.29) is 6.09 Å². The van der Waals surface area contributed by atoms with Crippen LogP contribution in [0.3, 0.4) is 0 Å². The molecule has 1 aromatic rings. The predicted molar refractivity (Wildman–Crippen MR) is 96.9 cm³/mol. The normalized spacial score (nSPS) is 19.0. The van der Waals surface area contributed by atoms with Crippen LogP contribution in [0.1, 0.15) is 46.1 Å². The van der Waals surface area contributed by atoms with Crippen LogP contribution >= 0.6 is 0 Å². The van der Waals surface area contributed by atoms with Gasteiger partial charge < -0.3 is 9.64 Å². The quantitative estimate of drug-likeness (QED) is 0.868. The van der Waals surface area contributed by atoms with Crippen molar-refractivity contribution in [2.75, 3.05) is 11.4 Å². The van der Waals surface area contributed by atoms with Gasteiger partial charge in [0.1, 0.15) is 5.60 Å². The molecule has 1 N–H and O–H groups in total. The van der Waals surface area contributed by atoms with Gasteiger partial charge in [0, 0.05) is 24.1 Å².